The molecule has 1 aliphatic heterocycles. The van der Waals surface area contributed by atoms with E-state index in [1.54, 1.807) is 16.4 Å². The molecule has 2 aromatic rings. The van der Waals surface area contributed by atoms with E-state index < -0.39 is 10.0 Å². The second-order valence-corrected chi connectivity index (χ2v) is 10.1. The predicted molar refractivity (Wildman–Crippen MR) is 119 cm³/mol. The summed E-state index contributed by atoms with van der Waals surface area (Å²) in [6.45, 7) is 3.73. The highest BCUT2D eigenvalue weighted by molar-refractivity contribution is 7.89. The maximum Gasteiger partial charge on any atom is 0.251 e. The summed E-state index contributed by atoms with van der Waals surface area (Å²) in [5.41, 5.74) is 2.68. The van der Waals surface area contributed by atoms with Crippen molar-refractivity contribution in [3.63, 3.8) is 0 Å². The van der Waals surface area contributed by atoms with E-state index in [0.717, 1.165) is 31.4 Å². The van der Waals surface area contributed by atoms with Crippen LogP contribution in [0.3, 0.4) is 0 Å². The molecule has 1 saturated heterocycles. The molecular weight excluding hydrogens is 398 g/mol. The molecule has 2 aromatic carbocycles. The molecule has 1 fully saturated rings. The molecule has 1 unspecified atom stereocenters. The Kier molecular flexibility index (Phi) is 7.28. The average Bonchev–Trinajstić information content (AvgIpc) is 2.73. The molecule has 162 valence electrons. The van der Waals surface area contributed by atoms with Gasteiger partial charge < -0.3 is 10.2 Å². The topological polar surface area (TPSA) is 69.7 Å². The van der Waals surface area contributed by atoms with Crippen LogP contribution >= 0.6 is 0 Å². The lowest BCUT2D eigenvalue weighted by Gasteiger charge is -2.32. The standard InChI is InChI=1S/C23H31N3O3S/c1-18-8-6-7-15-26(18)30(28,29)22-13-11-19(12-14-22)23(27)24-16-20-9-4-5-10-21(20)17-25(2)3/h4-5,9-14,18H,6-8,15-17H2,1-3H3,(H,24,27). The lowest BCUT2D eigenvalue weighted by Crippen LogP contribution is -2.41. The van der Waals surface area contributed by atoms with Gasteiger partial charge >= 0.3 is 0 Å². The van der Waals surface area contributed by atoms with Gasteiger partial charge in [-0.2, -0.15) is 4.31 Å². The van der Waals surface area contributed by atoms with Crippen LogP contribution in [0.1, 0.15) is 47.7 Å². The van der Waals surface area contributed by atoms with Gasteiger partial charge in [-0.25, -0.2) is 8.42 Å². The summed E-state index contributed by atoms with van der Waals surface area (Å²) >= 11 is 0. The number of rotatable bonds is 7. The van der Waals surface area contributed by atoms with Crippen molar-refractivity contribution >= 4 is 15.9 Å². The molecule has 6 nitrogen and oxygen atoms in total. The van der Waals surface area contributed by atoms with E-state index in [1.807, 2.05) is 39.2 Å². The number of hydrogen-bond acceptors (Lipinski definition) is 4. The predicted octanol–water partition coefficient (Wildman–Crippen LogP) is 3.24. The molecule has 0 spiro atoms. The first-order valence-corrected chi connectivity index (χ1v) is 11.8. The third-order valence-electron chi connectivity index (χ3n) is 5.51. The van der Waals surface area contributed by atoms with E-state index in [0.29, 0.717) is 18.7 Å². The highest BCUT2D eigenvalue weighted by atomic mass is 32.2. The maximum absolute atomic E-state index is 12.9. The van der Waals surface area contributed by atoms with Crippen molar-refractivity contribution in [2.24, 2.45) is 0 Å². The first-order chi connectivity index (χ1) is 14.3. The summed E-state index contributed by atoms with van der Waals surface area (Å²) in [6, 6.07) is 14.3. The quantitative estimate of drug-likeness (QED) is 0.734. The minimum absolute atomic E-state index is 0.00830. The van der Waals surface area contributed by atoms with Gasteiger partial charge in [-0.3, -0.25) is 4.79 Å². The largest absolute Gasteiger partial charge is 0.348 e. The van der Waals surface area contributed by atoms with Crippen molar-refractivity contribution in [2.75, 3.05) is 20.6 Å². The number of hydrogen-bond donors (Lipinski definition) is 1. The van der Waals surface area contributed by atoms with Crippen LogP contribution in [0.4, 0.5) is 0 Å². The lowest BCUT2D eigenvalue weighted by molar-refractivity contribution is 0.0950. The number of nitrogens with one attached hydrogen (secondary N) is 1. The maximum atomic E-state index is 12.9. The Morgan fingerprint density at radius 1 is 1.07 bits per heavy atom. The number of piperidine rings is 1. The molecule has 0 aromatic heterocycles. The molecule has 1 amide bonds. The zero-order chi connectivity index (χ0) is 21.7. The molecule has 1 heterocycles. The molecule has 0 saturated carbocycles. The Morgan fingerprint density at radius 3 is 2.37 bits per heavy atom. The first kappa shape index (κ1) is 22.5. The van der Waals surface area contributed by atoms with Crippen molar-refractivity contribution in [1.82, 2.24) is 14.5 Å². The second-order valence-electron chi connectivity index (χ2n) is 8.17. The third kappa shape index (κ3) is 5.28. The fraction of sp³-hybridized carbons (Fsp3) is 0.435. The van der Waals surface area contributed by atoms with E-state index in [1.165, 1.54) is 17.7 Å². The molecule has 3 rings (SSSR count). The van der Waals surface area contributed by atoms with Crippen LogP contribution in [0, 0.1) is 0 Å². The summed E-state index contributed by atoms with van der Waals surface area (Å²) < 4.78 is 27.4. The second kappa shape index (κ2) is 9.73. The number of sulfonamides is 1. The zero-order valence-corrected chi connectivity index (χ0v) is 18.8. The summed E-state index contributed by atoms with van der Waals surface area (Å²) in [5, 5.41) is 2.94. The average molecular weight is 430 g/mol. The van der Waals surface area contributed by atoms with Crippen LogP contribution in [0.25, 0.3) is 0 Å². The van der Waals surface area contributed by atoms with Crippen molar-refractivity contribution in [3.8, 4) is 0 Å². The summed E-state index contributed by atoms with van der Waals surface area (Å²) in [5.74, 6) is -0.218. The van der Waals surface area contributed by atoms with Gasteiger partial charge in [-0.15, -0.1) is 0 Å². The van der Waals surface area contributed by atoms with E-state index in [2.05, 4.69) is 16.3 Å². The highest BCUT2D eigenvalue weighted by Crippen LogP contribution is 2.25. The zero-order valence-electron chi connectivity index (χ0n) is 18.0. The van der Waals surface area contributed by atoms with Crippen LogP contribution in [0.5, 0.6) is 0 Å². The number of benzene rings is 2. The SMILES string of the molecule is CC1CCCCN1S(=O)(=O)c1ccc(C(=O)NCc2ccccc2CN(C)C)cc1. The van der Waals surface area contributed by atoms with Crippen molar-refractivity contribution in [3.05, 3.63) is 65.2 Å². The van der Waals surface area contributed by atoms with Crippen LogP contribution in [-0.2, 0) is 23.1 Å². The van der Waals surface area contributed by atoms with E-state index in [-0.39, 0.29) is 16.8 Å². The number of nitrogens with zero attached hydrogens (tertiary/aromatic N) is 2. The van der Waals surface area contributed by atoms with Gasteiger partial charge in [-0.05, 0) is 69.3 Å². The molecule has 1 N–H and O–H groups in total. The number of carbonyl (C=O) groups is 1. The normalized spacial score (nSPS) is 17.8. The molecule has 0 bridgehead atoms. The van der Waals surface area contributed by atoms with Crippen LogP contribution < -0.4 is 5.32 Å². The van der Waals surface area contributed by atoms with E-state index in [9.17, 15) is 13.2 Å². The van der Waals surface area contributed by atoms with Gasteiger partial charge in [0.15, 0.2) is 0 Å². The Hall–Kier alpha value is -2.22. The van der Waals surface area contributed by atoms with Gasteiger partial charge in [0.2, 0.25) is 10.0 Å². The monoisotopic (exact) mass is 429 g/mol. The van der Waals surface area contributed by atoms with E-state index in [4.69, 9.17) is 0 Å². The van der Waals surface area contributed by atoms with Gasteiger partial charge in [0, 0.05) is 31.2 Å². The van der Waals surface area contributed by atoms with Crippen molar-refractivity contribution < 1.29 is 13.2 Å². The molecule has 0 aliphatic carbocycles. The highest BCUT2D eigenvalue weighted by Gasteiger charge is 2.30. The lowest BCUT2D eigenvalue weighted by atomic mass is 10.1. The van der Waals surface area contributed by atoms with Crippen molar-refractivity contribution in [2.45, 2.75) is 50.2 Å². The fourth-order valence-electron chi connectivity index (χ4n) is 3.84. The Balaban J connectivity index is 1.67. The minimum Gasteiger partial charge on any atom is -0.348 e. The molecule has 1 aliphatic rings. The van der Waals surface area contributed by atoms with Crippen LogP contribution in [-0.4, -0.2) is 50.2 Å². The molecule has 30 heavy (non-hydrogen) atoms. The van der Waals surface area contributed by atoms with Crippen molar-refractivity contribution in [1.29, 1.82) is 0 Å². The van der Waals surface area contributed by atoms with Gasteiger partial charge in [0.25, 0.3) is 5.91 Å². The first-order valence-electron chi connectivity index (χ1n) is 10.4. The van der Waals surface area contributed by atoms with E-state index >= 15 is 0 Å². The van der Waals surface area contributed by atoms with Crippen LogP contribution in [0.2, 0.25) is 0 Å². The van der Waals surface area contributed by atoms with Gasteiger partial charge in [0.05, 0.1) is 4.90 Å². The minimum atomic E-state index is -3.53. The molecule has 1 atom stereocenters. The third-order valence-corrected chi connectivity index (χ3v) is 7.54. The number of carbonyl (C=O) groups excluding carboxylic acids is 1. The van der Waals surface area contributed by atoms with Gasteiger partial charge in [-0.1, -0.05) is 30.7 Å². The summed E-state index contributed by atoms with van der Waals surface area (Å²) in [6.07, 6.45) is 2.83. The number of amides is 1. The fourth-order valence-corrected chi connectivity index (χ4v) is 5.54. The Morgan fingerprint density at radius 2 is 1.73 bits per heavy atom. The summed E-state index contributed by atoms with van der Waals surface area (Å²) in [7, 11) is 0.490. The van der Waals surface area contributed by atoms with Gasteiger partial charge in [0.1, 0.15) is 0 Å². The summed E-state index contributed by atoms with van der Waals surface area (Å²) in [4.78, 5) is 14.9. The molecule has 0 radical (unpaired) electrons. The van der Waals surface area contributed by atoms with Crippen LogP contribution in [0.15, 0.2) is 53.4 Å². The molecular formula is C23H31N3O3S. The smallest absolute Gasteiger partial charge is 0.251 e. The Labute approximate surface area is 179 Å². The molecule has 7 heteroatoms. The Bertz CT molecular complexity index is 971.